The molecule has 3 rings (SSSR count). The highest BCUT2D eigenvalue weighted by atomic mass is 32.1. The Balaban J connectivity index is 1.84. The van der Waals surface area contributed by atoms with Crippen LogP contribution in [-0.4, -0.2) is 21.5 Å². The van der Waals surface area contributed by atoms with Crippen molar-refractivity contribution in [1.82, 2.24) is 14.9 Å². The average Bonchev–Trinajstić information content (AvgIpc) is 3.02. The molecule has 0 unspecified atom stereocenters. The lowest BCUT2D eigenvalue weighted by Gasteiger charge is -2.13. The second-order valence-corrected chi connectivity index (χ2v) is 7.06. The summed E-state index contributed by atoms with van der Waals surface area (Å²) in [6, 6.07) is 0.135. The Morgan fingerprint density at radius 3 is 3.09 bits per heavy atom. The Morgan fingerprint density at radius 1 is 1.50 bits per heavy atom. The highest BCUT2D eigenvalue weighted by Gasteiger charge is 2.21. The van der Waals surface area contributed by atoms with Crippen molar-refractivity contribution in [3.05, 3.63) is 27.1 Å². The molecule has 0 saturated heterocycles. The highest BCUT2D eigenvalue weighted by Crippen LogP contribution is 2.34. The lowest BCUT2D eigenvalue weighted by Crippen LogP contribution is -2.37. The summed E-state index contributed by atoms with van der Waals surface area (Å²) >= 11 is 1.62. The second-order valence-electron chi connectivity index (χ2n) is 5.97. The normalized spacial score (nSPS) is 15.0. The van der Waals surface area contributed by atoms with Crippen molar-refractivity contribution in [1.29, 1.82) is 0 Å². The number of aryl methyl sites for hydroxylation is 2. The quantitative estimate of drug-likeness (QED) is 0.919. The lowest BCUT2D eigenvalue weighted by molar-refractivity contribution is -0.122. The van der Waals surface area contributed by atoms with Crippen molar-refractivity contribution in [2.75, 3.05) is 0 Å². The SMILES string of the molecule is CCC[C@@H](C)NC(=O)Cn1cnc2sc3c(c2c1=O)CCC3. The number of nitrogens with one attached hydrogen (secondary N) is 1. The van der Waals surface area contributed by atoms with Crippen LogP contribution in [0, 0.1) is 0 Å². The molecule has 0 saturated carbocycles. The van der Waals surface area contributed by atoms with Crippen LogP contribution in [-0.2, 0) is 24.2 Å². The summed E-state index contributed by atoms with van der Waals surface area (Å²) in [5, 5.41) is 3.66. The summed E-state index contributed by atoms with van der Waals surface area (Å²) in [6.45, 7) is 4.11. The summed E-state index contributed by atoms with van der Waals surface area (Å²) in [6.07, 6.45) is 6.58. The van der Waals surface area contributed by atoms with Crippen LogP contribution in [0.1, 0.15) is 43.6 Å². The van der Waals surface area contributed by atoms with Crippen molar-refractivity contribution in [3.63, 3.8) is 0 Å². The fraction of sp³-hybridized carbons (Fsp3) is 0.562. The van der Waals surface area contributed by atoms with Crippen molar-refractivity contribution in [3.8, 4) is 0 Å². The van der Waals surface area contributed by atoms with Crippen LogP contribution in [0.3, 0.4) is 0 Å². The first-order valence-corrected chi connectivity index (χ1v) is 8.70. The van der Waals surface area contributed by atoms with Gasteiger partial charge in [0.25, 0.3) is 5.56 Å². The van der Waals surface area contributed by atoms with E-state index in [1.807, 2.05) is 6.92 Å². The molecule has 2 aromatic rings. The molecule has 1 amide bonds. The van der Waals surface area contributed by atoms with Gasteiger partial charge >= 0.3 is 0 Å². The molecule has 2 heterocycles. The molecule has 0 aromatic carbocycles. The van der Waals surface area contributed by atoms with Crippen LogP contribution in [0.25, 0.3) is 10.2 Å². The number of nitrogens with zero attached hydrogens (tertiary/aromatic N) is 2. The minimum absolute atomic E-state index is 0.0421. The van der Waals surface area contributed by atoms with Crippen LogP contribution in [0.4, 0.5) is 0 Å². The number of thiophene rings is 1. The van der Waals surface area contributed by atoms with Crippen LogP contribution >= 0.6 is 11.3 Å². The van der Waals surface area contributed by atoms with Gasteiger partial charge in [-0.15, -0.1) is 11.3 Å². The number of aromatic nitrogens is 2. The van der Waals surface area contributed by atoms with Crippen LogP contribution < -0.4 is 10.9 Å². The standard InChI is InChI=1S/C16H21N3O2S/c1-3-5-10(2)18-13(20)8-19-9-17-15-14(16(19)21)11-6-4-7-12(11)22-15/h9-10H,3-8H2,1-2H3,(H,18,20)/t10-/m1/s1. The molecular formula is C16H21N3O2S. The van der Waals surface area contributed by atoms with E-state index >= 15 is 0 Å². The van der Waals surface area contributed by atoms with Gasteiger partial charge in [0.1, 0.15) is 11.4 Å². The van der Waals surface area contributed by atoms with Crippen molar-refractivity contribution in [2.45, 2.75) is 58.5 Å². The number of amides is 1. The van der Waals surface area contributed by atoms with Gasteiger partial charge in [0.05, 0.1) is 11.7 Å². The molecule has 118 valence electrons. The molecule has 0 radical (unpaired) electrons. The summed E-state index contributed by atoms with van der Waals surface area (Å²) in [5.41, 5.74) is 1.08. The molecule has 6 heteroatoms. The van der Waals surface area contributed by atoms with Gasteiger partial charge in [-0.2, -0.15) is 0 Å². The van der Waals surface area contributed by atoms with Crippen molar-refractivity contribution >= 4 is 27.5 Å². The molecule has 5 nitrogen and oxygen atoms in total. The number of hydrogen-bond acceptors (Lipinski definition) is 4. The van der Waals surface area contributed by atoms with Gasteiger partial charge in [0.2, 0.25) is 5.91 Å². The molecule has 1 atom stereocenters. The third-order valence-corrected chi connectivity index (χ3v) is 5.33. The molecule has 1 N–H and O–H groups in total. The van der Waals surface area contributed by atoms with E-state index in [1.165, 1.54) is 15.8 Å². The maximum Gasteiger partial charge on any atom is 0.262 e. The maximum absolute atomic E-state index is 12.6. The van der Waals surface area contributed by atoms with Crippen molar-refractivity contribution in [2.24, 2.45) is 0 Å². The van der Waals surface area contributed by atoms with Gasteiger partial charge in [-0.3, -0.25) is 14.2 Å². The minimum Gasteiger partial charge on any atom is -0.352 e. The zero-order chi connectivity index (χ0) is 15.7. The summed E-state index contributed by atoms with van der Waals surface area (Å²) in [4.78, 5) is 31.2. The van der Waals surface area contributed by atoms with Gasteiger partial charge in [-0.25, -0.2) is 4.98 Å². The predicted octanol–water partition coefficient (Wildman–Crippen LogP) is 2.25. The first kappa shape index (κ1) is 15.2. The zero-order valence-corrected chi connectivity index (χ0v) is 13.8. The Hall–Kier alpha value is -1.69. The zero-order valence-electron chi connectivity index (χ0n) is 13.0. The van der Waals surface area contributed by atoms with Gasteiger partial charge in [-0.05, 0) is 38.2 Å². The molecule has 1 aliphatic carbocycles. The largest absolute Gasteiger partial charge is 0.352 e. The fourth-order valence-electron chi connectivity index (χ4n) is 3.11. The van der Waals surface area contributed by atoms with E-state index in [2.05, 4.69) is 17.2 Å². The van der Waals surface area contributed by atoms with Gasteiger partial charge in [0.15, 0.2) is 0 Å². The monoisotopic (exact) mass is 319 g/mol. The molecule has 0 spiro atoms. The molecule has 22 heavy (non-hydrogen) atoms. The number of rotatable bonds is 5. The third kappa shape index (κ3) is 2.79. The van der Waals surface area contributed by atoms with Gasteiger partial charge < -0.3 is 5.32 Å². The van der Waals surface area contributed by atoms with Crippen molar-refractivity contribution < 1.29 is 4.79 Å². The topological polar surface area (TPSA) is 64.0 Å². The maximum atomic E-state index is 12.6. The van der Waals surface area contributed by atoms with E-state index in [1.54, 1.807) is 11.3 Å². The number of fused-ring (bicyclic) bond motifs is 3. The molecule has 0 bridgehead atoms. The Morgan fingerprint density at radius 2 is 2.32 bits per heavy atom. The van der Waals surface area contributed by atoms with Crippen LogP contribution in [0.5, 0.6) is 0 Å². The van der Waals surface area contributed by atoms with Gasteiger partial charge in [0, 0.05) is 10.9 Å². The molecule has 2 aromatic heterocycles. The van der Waals surface area contributed by atoms with Crippen LogP contribution in [0.2, 0.25) is 0 Å². The minimum atomic E-state index is -0.129. The van der Waals surface area contributed by atoms with E-state index in [9.17, 15) is 9.59 Å². The lowest BCUT2D eigenvalue weighted by atomic mass is 10.2. The molecule has 0 aliphatic heterocycles. The third-order valence-electron chi connectivity index (χ3n) is 4.13. The predicted molar refractivity (Wildman–Crippen MR) is 88.4 cm³/mol. The first-order chi connectivity index (χ1) is 10.6. The Labute approximate surface area is 133 Å². The highest BCUT2D eigenvalue weighted by molar-refractivity contribution is 7.18. The number of hydrogen-bond donors (Lipinski definition) is 1. The first-order valence-electron chi connectivity index (χ1n) is 7.89. The summed E-state index contributed by atoms with van der Waals surface area (Å²) < 4.78 is 1.43. The molecule has 0 fully saturated rings. The Kier molecular flexibility index (Phi) is 4.29. The number of carbonyl (C=O) groups is 1. The van der Waals surface area contributed by atoms with E-state index in [-0.39, 0.29) is 24.1 Å². The smallest absolute Gasteiger partial charge is 0.262 e. The Bertz CT molecular complexity index is 763. The van der Waals surface area contributed by atoms with Crippen LogP contribution in [0.15, 0.2) is 11.1 Å². The van der Waals surface area contributed by atoms with E-state index in [4.69, 9.17) is 0 Å². The fourth-order valence-corrected chi connectivity index (χ4v) is 4.33. The van der Waals surface area contributed by atoms with E-state index in [0.717, 1.165) is 47.9 Å². The van der Waals surface area contributed by atoms with E-state index < -0.39 is 0 Å². The number of carbonyl (C=O) groups excluding carboxylic acids is 1. The van der Waals surface area contributed by atoms with Gasteiger partial charge in [-0.1, -0.05) is 13.3 Å². The average molecular weight is 319 g/mol. The van der Waals surface area contributed by atoms with E-state index in [0.29, 0.717) is 0 Å². The summed E-state index contributed by atoms with van der Waals surface area (Å²) in [7, 11) is 0. The molecule has 1 aliphatic rings. The summed E-state index contributed by atoms with van der Waals surface area (Å²) in [5.74, 6) is -0.129. The molecular weight excluding hydrogens is 298 g/mol. The second kappa shape index (κ2) is 6.20.